The number of hydrogen-bond acceptors (Lipinski definition) is 0. The van der Waals surface area contributed by atoms with E-state index in [2.05, 4.69) is 34.6 Å². The molecule has 0 atom stereocenters. The summed E-state index contributed by atoms with van der Waals surface area (Å²) in [6.45, 7) is 13.8. The van der Waals surface area contributed by atoms with Gasteiger partial charge in [0.25, 0.3) is 0 Å². The zero-order valence-electron chi connectivity index (χ0n) is 7.41. The summed E-state index contributed by atoms with van der Waals surface area (Å²) in [4.78, 5) is 1.67. The molecule has 1 heteroatoms. The lowest BCUT2D eigenvalue weighted by atomic mass is 10.1. The minimum Gasteiger partial charge on any atom is -0.331 e. The first kappa shape index (κ1) is 8.96. The Balaban J connectivity index is 3.79. The van der Waals surface area contributed by atoms with Crippen molar-refractivity contribution in [3.8, 4) is 0 Å². The van der Waals surface area contributed by atoms with Crippen LogP contribution in [0.5, 0.6) is 0 Å². The summed E-state index contributed by atoms with van der Waals surface area (Å²) >= 11 is 0. The molecule has 0 aliphatic rings. The predicted molar refractivity (Wildman–Crippen MR) is 41.8 cm³/mol. The maximum absolute atomic E-state index is 2.29. The molecule has 0 aromatic rings. The molecule has 0 rings (SSSR count). The molecule has 0 unspecified atom stereocenters. The first-order valence-corrected chi connectivity index (χ1v) is 3.87. The monoisotopic (exact) mass is 130 g/mol. The zero-order valence-corrected chi connectivity index (χ0v) is 7.41. The van der Waals surface area contributed by atoms with Gasteiger partial charge in [0, 0.05) is 0 Å². The van der Waals surface area contributed by atoms with Crippen LogP contribution < -0.4 is 4.90 Å². The van der Waals surface area contributed by atoms with Gasteiger partial charge in [0.05, 0.1) is 18.6 Å². The molecule has 0 spiro atoms. The van der Waals surface area contributed by atoms with Crippen molar-refractivity contribution in [2.75, 3.05) is 13.1 Å². The van der Waals surface area contributed by atoms with E-state index in [1.807, 2.05) is 0 Å². The first-order chi connectivity index (χ1) is 4.02. The van der Waals surface area contributed by atoms with Crippen LogP contribution in [0, 0.1) is 0 Å². The third-order valence-corrected chi connectivity index (χ3v) is 1.91. The summed E-state index contributed by atoms with van der Waals surface area (Å²) in [6, 6.07) is 0. The summed E-state index contributed by atoms with van der Waals surface area (Å²) in [6.07, 6.45) is 0. The van der Waals surface area contributed by atoms with Crippen LogP contribution in [0.1, 0.15) is 34.6 Å². The van der Waals surface area contributed by atoms with E-state index >= 15 is 0 Å². The summed E-state index contributed by atoms with van der Waals surface area (Å²) < 4.78 is 0. The van der Waals surface area contributed by atoms with Gasteiger partial charge in [0.15, 0.2) is 0 Å². The van der Waals surface area contributed by atoms with E-state index in [4.69, 9.17) is 0 Å². The van der Waals surface area contributed by atoms with Crippen molar-refractivity contribution in [2.45, 2.75) is 40.2 Å². The van der Waals surface area contributed by atoms with Crippen LogP contribution in [0.3, 0.4) is 0 Å². The van der Waals surface area contributed by atoms with Gasteiger partial charge in [-0.05, 0) is 34.6 Å². The Kier molecular flexibility index (Phi) is 3.20. The highest BCUT2D eigenvalue weighted by Crippen LogP contribution is 1.90. The number of nitrogens with one attached hydrogen (secondary N) is 1. The van der Waals surface area contributed by atoms with Crippen LogP contribution in [0.2, 0.25) is 0 Å². The van der Waals surface area contributed by atoms with Gasteiger partial charge in [0.1, 0.15) is 0 Å². The van der Waals surface area contributed by atoms with Crippen molar-refractivity contribution in [1.29, 1.82) is 0 Å². The van der Waals surface area contributed by atoms with Crippen LogP contribution in [-0.2, 0) is 0 Å². The van der Waals surface area contributed by atoms with E-state index < -0.39 is 0 Å². The Hall–Kier alpha value is -0.0400. The largest absolute Gasteiger partial charge is 0.331 e. The molecule has 0 aliphatic carbocycles. The molecule has 0 bridgehead atoms. The third-order valence-electron chi connectivity index (χ3n) is 1.91. The maximum Gasteiger partial charge on any atom is 0.0891 e. The molecule has 0 aliphatic heterocycles. The van der Waals surface area contributed by atoms with Crippen molar-refractivity contribution in [3.63, 3.8) is 0 Å². The second-order valence-electron chi connectivity index (χ2n) is 3.56. The summed E-state index contributed by atoms with van der Waals surface area (Å²) in [5.74, 6) is 0. The predicted octanol–water partition coefficient (Wildman–Crippen LogP) is 0.710. The van der Waals surface area contributed by atoms with Gasteiger partial charge >= 0.3 is 0 Å². The Morgan fingerprint density at radius 3 is 1.33 bits per heavy atom. The molecule has 0 amide bonds. The van der Waals surface area contributed by atoms with E-state index in [-0.39, 0.29) is 0 Å². The average Bonchev–Trinajstić information content (AvgIpc) is 1.65. The second-order valence-corrected chi connectivity index (χ2v) is 3.56. The number of quaternary nitrogens is 1. The number of rotatable bonds is 2. The fourth-order valence-electron chi connectivity index (χ4n) is 1.31. The molecule has 1 nitrogen and oxygen atoms in total. The van der Waals surface area contributed by atoms with Crippen LogP contribution >= 0.6 is 0 Å². The molecular weight excluding hydrogens is 110 g/mol. The van der Waals surface area contributed by atoms with Gasteiger partial charge in [-0.3, -0.25) is 0 Å². The lowest BCUT2D eigenvalue weighted by Gasteiger charge is -2.30. The van der Waals surface area contributed by atoms with Gasteiger partial charge in [0.2, 0.25) is 0 Å². The molecule has 9 heavy (non-hydrogen) atoms. The highest BCUT2D eigenvalue weighted by atomic mass is 15.2. The quantitative estimate of drug-likeness (QED) is 0.561. The van der Waals surface area contributed by atoms with Crippen LogP contribution in [-0.4, -0.2) is 18.6 Å². The van der Waals surface area contributed by atoms with Crippen molar-refractivity contribution in [2.24, 2.45) is 0 Å². The molecular formula is C8H20N+. The SMILES string of the molecule is CC[NH+](CC)C(C)(C)C. The fourth-order valence-corrected chi connectivity index (χ4v) is 1.31. The molecule has 1 N–H and O–H groups in total. The van der Waals surface area contributed by atoms with Gasteiger partial charge in [-0.1, -0.05) is 0 Å². The van der Waals surface area contributed by atoms with Gasteiger partial charge in [-0.25, -0.2) is 0 Å². The van der Waals surface area contributed by atoms with Crippen molar-refractivity contribution >= 4 is 0 Å². The highest BCUT2D eigenvalue weighted by molar-refractivity contribution is 4.54. The second kappa shape index (κ2) is 3.21. The average molecular weight is 130 g/mol. The molecule has 56 valence electrons. The Morgan fingerprint density at radius 1 is 1.00 bits per heavy atom. The molecule has 0 radical (unpaired) electrons. The Labute approximate surface area is 59.1 Å². The molecule has 0 saturated carbocycles. The molecule has 0 fully saturated rings. The molecule has 0 aromatic heterocycles. The van der Waals surface area contributed by atoms with E-state index in [9.17, 15) is 0 Å². The van der Waals surface area contributed by atoms with E-state index in [1.165, 1.54) is 13.1 Å². The summed E-state index contributed by atoms with van der Waals surface area (Å²) in [7, 11) is 0. The Bertz CT molecular complexity index is 67.1. The fraction of sp³-hybridized carbons (Fsp3) is 1.00. The van der Waals surface area contributed by atoms with Crippen molar-refractivity contribution < 1.29 is 4.90 Å². The van der Waals surface area contributed by atoms with Crippen molar-refractivity contribution in [3.05, 3.63) is 0 Å². The van der Waals surface area contributed by atoms with Gasteiger partial charge in [-0.15, -0.1) is 0 Å². The maximum atomic E-state index is 2.29. The van der Waals surface area contributed by atoms with Crippen LogP contribution in [0.15, 0.2) is 0 Å². The molecule has 0 heterocycles. The normalized spacial score (nSPS) is 12.7. The lowest BCUT2D eigenvalue weighted by Crippen LogP contribution is -3.18. The van der Waals surface area contributed by atoms with Gasteiger partial charge < -0.3 is 4.90 Å². The first-order valence-electron chi connectivity index (χ1n) is 3.87. The third kappa shape index (κ3) is 2.85. The van der Waals surface area contributed by atoms with Crippen LogP contribution in [0.4, 0.5) is 0 Å². The number of hydrogen-bond donors (Lipinski definition) is 1. The summed E-state index contributed by atoms with van der Waals surface area (Å²) in [5, 5.41) is 0. The lowest BCUT2D eigenvalue weighted by molar-refractivity contribution is -0.943. The van der Waals surface area contributed by atoms with E-state index in [0.717, 1.165) is 0 Å². The van der Waals surface area contributed by atoms with E-state index in [0.29, 0.717) is 5.54 Å². The zero-order chi connectivity index (χ0) is 7.49. The highest BCUT2D eigenvalue weighted by Gasteiger charge is 2.20. The van der Waals surface area contributed by atoms with Crippen LogP contribution in [0.25, 0.3) is 0 Å². The molecule has 0 saturated heterocycles. The van der Waals surface area contributed by atoms with Crippen molar-refractivity contribution in [1.82, 2.24) is 0 Å². The standard InChI is InChI=1S/C8H19N/c1-6-9(7-2)8(3,4)5/h6-7H2,1-5H3/p+1. The summed E-state index contributed by atoms with van der Waals surface area (Å²) in [5.41, 5.74) is 0.434. The van der Waals surface area contributed by atoms with Gasteiger partial charge in [-0.2, -0.15) is 0 Å². The Morgan fingerprint density at radius 2 is 1.33 bits per heavy atom. The van der Waals surface area contributed by atoms with E-state index in [1.54, 1.807) is 4.90 Å². The topological polar surface area (TPSA) is 4.44 Å². The molecule has 0 aromatic carbocycles. The minimum absolute atomic E-state index is 0.434. The minimum atomic E-state index is 0.434. The smallest absolute Gasteiger partial charge is 0.0891 e.